The van der Waals surface area contributed by atoms with E-state index in [1.54, 1.807) is 13.0 Å². The molecule has 0 aliphatic carbocycles. The Morgan fingerprint density at radius 2 is 2.29 bits per heavy atom. The summed E-state index contributed by atoms with van der Waals surface area (Å²) < 4.78 is 4.82. The molecule has 1 aliphatic rings. The number of hydrogen-bond donors (Lipinski definition) is 1. The van der Waals surface area contributed by atoms with Crippen LogP contribution >= 0.6 is 23.1 Å². The number of aryl methyl sites for hydroxylation is 1. The number of rotatable bonds is 5. The predicted octanol–water partition coefficient (Wildman–Crippen LogP) is 2.51. The Morgan fingerprint density at radius 1 is 1.46 bits per heavy atom. The predicted molar refractivity (Wildman–Crippen MR) is 90.6 cm³/mol. The first-order valence-corrected chi connectivity index (χ1v) is 8.74. The van der Waals surface area contributed by atoms with E-state index in [1.165, 1.54) is 17.4 Å². The molecule has 7 nitrogen and oxygen atoms in total. The first-order chi connectivity index (χ1) is 11.5. The quantitative estimate of drug-likeness (QED) is 0.821. The van der Waals surface area contributed by atoms with Gasteiger partial charge in [0.25, 0.3) is 17.1 Å². The first kappa shape index (κ1) is 16.5. The molecule has 24 heavy (non-hydrogen) atoms. The van der Waals surface area contributed by atoms with Gasteiger partial charge in [0.2, 0.25) is 0 Å². The van der Waals surface area contributed by atoms with Gasteiger partial charge in [-0.1, -0.05) is 11.2 Å². The molecule has 3 rings (SSSR count). The molecule has 0 unspecified atom stereocenters. The largest absolute Gasteiger partial charge is 0.361 e. The van der Waals surface area contributed by atoms with Crippen molar-refractivity contribution in [3.05, 3.63) is 44.8 Å². The molecule has 124 valence electrons. The maximum atomic E-state index is 12.3. The Bertz CT molecular complexity index is 811. The number of imide groups is 1. The molecule has 0 saturated carbocycles. The fourth-order valence-corrected chi connectivity index (χ4v) is 3.63. The van der Waals surface area contributed by atoms with E-state index in [2.05, 4.69) is 10.5 Å². The van der Waals surface area contributed by atoms with E-state index in [-0.39, 0.29) is 29.9 Å². The molecule has 0 spiro atoms. The number of carbonyl (C=O) groups is 3. The van der Waals surface area contributed by atoms with E-state index >= 15 is 0 Å². The van der Waals surface area contributed by atoms with Crippen LogP contribution in [0.4, 0.5) is 4.79 Å². The normalized spacial score (nSPS) is 16.2. The van der Waals surface area contributed by atoms with Crippen molar-refractivity contribution in [3.8, 4) is 0 Å². The molecule has 2 aromatic heterocycles. The van der Waals surface area contributed by atoms with Crippen molar-refractivity contribution in [1.29, 1.82) is 0 Å². The molecule has 0 radical (unpaired) electrons. The Kier molecular flexibility index (Phi) is 4.81. The minimum Gasteiger partial charge on any atom is -0.361 e. The molecular formula is C15H13N3O4S2. The summed E-state index contributed by atoms with van der Waals surface area (Å²) in [4.78, 5) is 38.5. The van der Waals surface area contributed by atoms with E-state index in [1.807, 2.05) is 17.5 Å². The molecule has 0 atom stereocenters. The first-order valence-electron chi connectivity index (χ1n) is 7.05. The van der Waals surface area contributed by atoms with Crippen LogP contribution in [0.2, 0.25) is 0 Å². The van der Waals surface area contributed by atoms with Gasteiger partial charge in [-0.3, -0.25) is 19.3 Å². The van der Waals surface area contributed by atoms with Gasteiger partial charge in [-0.2, -0.15) is 0 Å². The Morgan fingerprint density at radius 3 is 2.96 bits per heavy atom. The van der Waals surface area contributed by atoms with Gasteiger partial charge >= 0.3 is 0 Å². The summed E-state index contributed by atoms with van der Waals surface area (Å²) in [7, 11) is 0. The number of nitrogens with zero attached hydrogens (tertiary/aromatic N) is 2. The third-order valence-electron chi connectivity index (χ3n) is 3.17. The number of hydrogen-bond acceptors (Lipinski definition) is 7. The van der Waals surface area contributed by atoms with E-state index in [0.29, 0.717) is 10.7 Å². The van der Waals surface area contributed by atoms with Gasteiger partial charge in [-0.15, -0.1) is 11.3 Å². The zero-order chi connectivity index (χ0) is 17.1. The van der Waals surface area contributed by atoms with Gasteiger partial charge in [-0.25, -0.2) is 0 Å². The molecule has 0 aromatic carbocycles. The molecule has 1 saturated heterocycles. The summed E-state index contributed by atoms with van der Waals surface area (Å²) in [5.74, 6) is -0.220. The van der Waals surface area contributed by atoms with Crippen molar-refractivity contribution in [3.63, 3.8) is 0 Å². The van der Waals surface area contributed by atoms with Crippen LogP contribution in [0.3, 0.4) is 0 Å². The van der Waals surface area contributed by atoms with E-state index in [0.717, 1.165) is 21.5 Å². The summed E-state index contributed by atoms with van der Waals surface area (Å²) in [5.41, 5.74) is 0.166. The highest BCUT2D eigenvalue weighted by atomic mass is 32.2. The van der Waals surface area contributed by atoms with Crippen LogP contribution in [-0.2, 0) is 4.79 Å². The third-order valence-corrected chi connectivity index (χ3v) is 4.90. The van der Waals surface area contributed by atoms with Gasteiger partial charge in [0.15, 0.2) is 5.69 Å². The molecule has 0 bridgehead atoms. The minimum absolute atomic E-state index is 0.106. The topological polar surface area (TPSA) is 92.5 Å². The molecule has 1 aliphatic heterocycles. The Labute approximate surface area is 145 Å². The lowest BCUT2D eigenvalue weighted by molar-refractivity contribution is -0.122. The van der Waals surface area contributed by atoms with Gasteiger partial charge in [0.1, 0.15) is 5.76 Å². The smallest absolute Gasteiger partial charge is 0.293 e. The van der Waals surface area contributed by atoms with Crippen LogP contribution in [0.1, 0.15) is 21.1 Å². The SMILES string of the molecule is Cc1cc(C(=O)NCCN2C(=O)S/C(=C\c3cccs3)C2=O)no1. The second-order valence-corrected chi connectivity index (χ2v) is 6.90. The van der Waals surface area contributed by atoms with Crippen molar-refractivity contribution in [2.75, 3.05) is 13.1 Å². The summed E-state index contributed by atoms with van der Waals surface area (Å²) >= 11 is 2.39. The lowest BCUT2D eigenvalue weighted by Crippen LogP contribution is -2.37. The number of nitrogens with one attached hydrogen (secondary N) is 1. The van der Waals surface area contributed by atoms with Crippen LogP contribution in [-0.4, -0.2) is 40.2 Å². The van der Waals surface area contributed by atoms with Crippen LogP contribution in [0, 0.1) is 6.92 Å². The fraction of sp³-hybridized carbons (Fsp3) is 0.200. The van der Waals surface area contributed by atoms with Crippen LogP contribution in [0.25, 0.3) is 6.08 Å². The molecule has 9 heteroatoms. The molecule has 2 aromatic rings. The Hall–Kier alpha value is -2.39. The zero-order valence-electron chi connectivity index (χ0n) is 12.6. The third kappa shape index (κ3) is 3.57. The van der Waals surface area contributed by atoms with Gasteiger partial charge in [-0.05, 0) is 36.2 Å². The summed E-state index contributed by atoms with van der Waals surface area (Å²) in [6, 6.07) is 5.26. The van der Waals surface area contributed by atoms with Crippen LogP contribution in [0.5, 0.6) is 0 Å². The van der Waals surface area contributed by atoms with Crippen molar-refractivity contribution in [2.24, 2.45) is 0 Å². The highest BCUT2D eigenvalue weighted by molar-refractivity contribution is 8.18. The molecule has 3 heterocycles. The van der Waals surface area contributed by atoms with Crippen LogP contribution < -0.4 is 5.32 Å². The van der Waals surface area contributed by atoms with Crippen molar-refractivity contribution < 1.29 is 18.9 Å². The van der Waals surface area contributed by atoms with Crippen molar-refractivity contribution in [1.82, 2.24) is 15.4 Å². The van der Waals surface area contributed by atoms with E-state index in [9.17, 15) is 14.4 Å². The van der Waals surface area contributed by atoms with Crippen molar-refractivity contribution in [2.45, 2.75) is 6.92 Å². The standard InChI is InChI=1S/C15H13N3O4S2/c1-9-7-11(17-22-9)13(19)16-4-5-18-14(20)12(24-15(18)21)8-10-3-2-6-23-10/h2-3,6-8H,4-5H2,1H3,(H,16,19)/b12-8-. The highest BCUT2D eigenvalue weighted by Gasteiger charge is 2.34. The maximum Gasteiger partial charge on any atom is 0.293 e. The minimum atomic E-state index is -0.409. The van der Waals surface area contributed by atoms with Crippen LogP contribution in [0.15, 0.2) is 33.0 Å². The molecule has 1 fully saturated rings. The average molecular weight is 363 g/mol. The Balaban J connectivity index is 1.56. The lowest BCUT2D eigenvalue weighted by atomic mass is 10.3. The summed E-state index contributed by atoms with van der Waals surface area (Å²) in [5, 5.41) is 7.77. The molecular weight excluding hydrogens is 350 g/mol. The number of thiophene rings is 1. The highest BCUT2D eigenvalue weighted by Crippen LogP contribution is 2.32. The monoisotopic (exact) mass is 363 g/mol. The molecule has 1 N–H and O–H groups in total. The zero-order valence-corrected chi connectivity index (χ0v) is 14.3. The van der Waals surface area contributed by atoms with Gasteiger partial charge in [0.05, 0.1) is 4.91 Å². The van der Waals surface area contributed by atoms with Gasteiger partial charge in [0, 0.05) is 24.0 Å². The van der Waals surface area contributed by atoms with E-state index in [4.69, 9.17) is 4.52 Å². The van der Waals surface area contributed by atoms with Gasteiger partial charge < -0.3 is 9.84 Å². The van der Waals surface area contributed by atoms with Crippen molar-refractivity contribution >= 4 is 46.2 Å². The average Bonchev–Trinajstić information content (AvgIpc) is 3.26. The second kappa shape index (κ2) is 7.02. The second-order valence-electron chi connectivity index (χ2n) is 4.93. The fourth-order valence-electron chi connectivity index (χ4n) is 2.04. The number of amides is 3. The van der Waals surface area contributed by atoms with E-state index < -0.39 is 5.91 Å². The maximum absolute atomic E-state index is 12.3. The lowest BCUT2D eigenvalue weighted by Gasteiger charge is -2.12. The summed E-state index contributed by atoms with van der Waals surface area (Å²) in [6.07, 6.45) is 1.70. The number of thioether (sulfide) groups is 1. The number of carbonyl (C=O) groups excluding carboxylic acids is 3. The number of aromatic nitrogens is 1. The molecule has 3 amide bonds. The summed E-state index contributed by atoms with van der Waals surface area (Å²) in [6.45, 7) is 1.94.